The normalized spacial score (nSPS) is 12.2. The second-order valence-corrected chi connectivity index (χ2v) is 7.06. The van der Waals surface area contributed by atoms with Crippen LogP contribution in [0.3, 0.4) is 0 Å². The lowest BCUT2D eigenvalue weighted by atomic mass is 10.2. The lowest BCUT2D eigenvalue weighted by Crippen LogP contribution is -2.06. The van der Waals surface area contributed by atoms with E-state index < -0.39 is 12.1 Å². The fraction of sp³-hybridized carbons (Fsp3) is 0.167. The Morgan fingerprint density at radius 3 is 2.42 bits per heavy atom. The molecular weight excluding hydrogens is 392 g/mol. The van der Waals surface area contributed by atoms with Crippen LogP contribution in [0.15, 0.2) is 71.2 Å². The first-order chi connectivity index (χ1) is 15.0. The van der Waals surface area contributed by atoms with Crippen molar-refractivity contribution in [3.8, 4) is 17.1 Å². The third-order valence-electron chi connectivity index (χ3n) is 4.84. The van der Waals surface area contributed by atoms with Crippen LogP contribution < -0.4 is 0 Å². The van der Waals surface area contributed by atoms with Gasteiger partial charge in [0.25, 0.3) is 5.89 Å². The number of benzene rings is 2. The molecule has 156 valence electrons. The second kappa shape index (κ2) is 8.79. The van der Waals surface area contributed by atoms with Crippen LogP contribution in [-0.2, 0) is 9.53 Å². The predicted octanol–water partition coefficient (Wildman–Crippen LogP) is 4.86. The van der Waals surface area contributed by atoms with E-state index in [1.54, 1.807) is 13.0 Å². The Balaban J connectivity index is 1.45. The van der Waals surface area contributed by atoms with E-state index in [4.69, 9.17) is 9.15 Å². The van der Waals surface area contributed by atoms with E-state index in [9.17, 15) is 4.79 Å². The summed E-state index contributed by atoms with van der Waals surface area (Å²) >= 11 is 0. The lowest BCUT2D eigenvalue weighted by molar-refractivity contribution is -0.143. The summed E-state index contributed by atoms with van der Waals surface area (Å²) in [7, 11) is 0. The molecule has 2 aromatic carbocycles. The van der Waals surface area contributed by atoms with E-state index in [0.29, 0.717) is 5.89 Å². The fourth-order valence-electron chi connectivity index (χ4n) is 3.23. The number of aryl methyl sites for hydroxylation is 1. The second-order valence-electron chi connectivity index (χ2n) is 7.06. The monoisotopic (exact) mass is 414 g/mol. The molecule has 2 aromatic heterocycles. The van der Waals surface area contributed by atoms with Gasteiger partial charge < -0.3 is 9.15 Å². The maximum Gasteiger partial charge on any atom is 0.331 e. The van der Waals surface area contributed by atoms with Crippen LogP contribution in [0.25, 0.3) is 23.2 Å². The minimum atomic E-state index is -0.670. The van der Waals surface area contributed by atoms with Crippen LogP contribution in [0.5, 0.6) is 0 Å². The summed E-state index contributed by atoms with van der Waals surface area (Å²) in [6, 6.07) is 19.3. The van der Waals surface area contributed by atoms with Gasteiger partial charge >= 0.3 is 5.97 Å². The molecule has 0 bridgehead atoms. The summed E-state index contributed by atoms with van der Waals surface area (Å²) in [5, 5.41) is 12.6. The first-order valence-electron chi connectivity index (χ1n) is 9.92. The standard InChI is InChI=1S/C24H22N4O3/c1-16-21(17(2)28(27-16)20-12-8-5-9-13-20)14-15-22(29)30-18(3)23-25-26-24(31-23)19-10-6-4-7-11-19/h4-15,18H,1-3H3/b15-14+/t18-/m0/s1. The number of carbonyl (C=O) groups is 1. The Labute approximate surface area is 180 Å². The third-order valence-corrected chi connectivity index (χ3v) is 4.84. The molecule has 0 aliphatic heterocycles. The summed E-state index contributed by atoms with van der Waals surface area (Å²) in [4.78, 5) is 12.4. The number of hydrogen-bond acceptors (Lipinski definition) is 6. The summed E-state index contributed by atoms with van der Waals surface area (Å²) in [5.41, 5.74) is 4.40. The van der Waals surface area contributed by atoms with Gasteiger partial charge in [-0.1, -0.05) is 36.4 Å². The number of nitrogens with zero attached hydrogens (tertiary/aromatic N) is 4. The fourth-order valence-corrected chi connectivity index (χ4v) is 3.23. The Hall–Kier alpha value is -4.00. The SMILES string of the molecule is Cc1nn(-c2ccccc2)c(C)c1/C=C/C(=O)O[C@@H](C)c1nnc(-c2ccccc2)o1. The van der Waals surface area contributed by atoms with Crippen LogP contribution in [0.1, 0.15) is 35.9 Å². The predicted molar refractivity (Wildman–Crippen MR) is 116 cm³/mol. The molecule has 0 unspecified atom stereocenters. The van der Waals surface area contributed by atoms with Gasteiger partial charge in [0.15, 0.2) is 6.10 Å². The maximum atomic E-state index is 12.4. The molecule has 7 nitrogen and oxygen atoms in total. The van der Waals surface area contributed by atoms with E-state index in [2.05, 4.69) is 15.3 Å². The molecular formula is C24H22N4O3. The van der Waals surface area contributed by atoms with Crippen molar-refractivity contribution < 1.29 is 13.9 Å². The summed E-state index contributed by atoms with van der Waals surface area (Å²) in [6.45, 7) is 5.56. The number of esters is 1. The van der Waals surface area contributed by atoms with Crippen LogP contribution in [0.4, 0.5) is 0 Å². The highest BCUT2D eigenvalue weighted by molar-refractivity contribution is 5.87. The highest BCUT2D eigenvalue weighted by Gasteiger charge is 2.18. The first kappa shape index (κ1) is 20.3. The van der Waals surface area contributed by atoms with Gasteiger partial charge in [0.05, 0.1) is 11.4 Å². The van der Waals surface area contributed by atoms with Crippen molar-refractivity contribution in [3.63, 3.8) is 0 Å². The molecule has 0 spiro atoms. The highest BCUT2D eigenvalue weighted by atomic mass is 16.6. The van der Waals surface area contributed by atoms with Crippen molar-refractivity contribution in [3.05, 3.63) is 89.6 Å². The maximum absolute atomic E-state index is 12.4. The van der Waals surface area contributed by atoms with Crippen molar-refractivity contribution in [1.29, 1.82) is 0 Å². The van der Waals surface area contributed by atoms with E-state index >= 15 is 0 Å². The van der Waals surface area contributed by atoms with E-state index in [0.717, 1.165) is 28.2 Å². The molecule has 0 saturated heterocycles. The van der Waals surface area contributed by atoms with Gasteiger partial charge in [-0.2, -0.15) is 5.10 Å². The largest absolute Gasteiger partial charge is 0.449 e. The Bertz CT molecular complexity index is 1210. The van der Waals surface area contributed by atoms with Crippen molar-refractivity contribution in [2.75, 3.05) is 0 Å². The molecule has 0 saturated carbocycles. The van der Waals surface area contributed by atoms with Gasteiger partial charge in [-0.15, -0.1) is 10.2 Å². The van der Waals surface area contributed by atoms with E-state index in [1.807, 2.05) is 79.2 Å². The average Bonchev–Trinajstić information content (AvgIpc) is 3.39. The number of aromatic nitrogens is 4. The Morgan fingerprint density at radius 1 is 1.03 bits per heavy atom. The van der Waals surface area contributed by atoms with Gasteiger partial charge in [0, 0.05) is 22.9 Å². The molecule has 31 heavy (non-hydrogen) atoms. The third kappa shape index (κ3) is 4.45. The molecule has 0 amide bonds. The number of carbonyl (C=O) groups excluding carboxylic acids is 1. The van der Waals surface area contributed by atoms with Gasteiger partial charge in [0.2, 0.25) is 5.89 Å². The number of hydrogen-bond donors (Lipinski definition) is 0. The van der Waals surface area contributed by atoms with Gasteiger partial charge in [0.1, 0.15) is 0 Å². The molecule has 7 heteroatoms. The molecule has 0 N–H and O–H groups in total. The lowest BCUT2D eigenvalue weighted by Gasteiger charge is -2.07. The van der Waals surface area contributed by atoms with E-state index in [1.165, 1.54) is 6.08 Å². The van der Waals surface area contributed by atoms with Crippen LogP contribution in [0, 0.1) is 13.8 Å². The summed E-state index contributed by atoms with van der Waals surface area (Å²) in [5.74, 6) is 0.122. The zero-order chi connectivity index (χ0) is 21.8. The van der Waals surface area contributed by atoms with Gasteiger partial charge in [-0.3, -0.25) is 0 Å². The number of rotatable bonds is 6. The van der Waals surface area contributed by atoms with Crippen molar-refractivity contribution >= 4 is 12.0 Å². The van der Waals surface area contributed by atoms with Crippen molar-refractivity contribution in [2.24, 2.45) is 0 Å². The van der Waals surface area contributed by atoms with Gasteiger partial charge in [-0.05, 0) is 51.1 Å². The molecule has 4 aromatic rings. The van der Waals surface area contributed by atoms with Crippen LogP contribution in [0.2, 0.25) is 0 Å². The molecule has 0 fully saturated rings. The summed E-state index contributed by atoms with van der Waals surface area (Å²) < 4.78 is 12.9. The quantitative estimate of drug-likeness (QED) is 0.331. The minimum absolute atomic E-state index is 0.241. The molecule has 0 aliphatic carbocycles. The smallest absolute Gasteiger partial charge is 0.331 e. The topological polar surface area (TPSA) is 83.0 Å². The zero-order valence-corrected chi connectivity index (χ0v) is 17.5. The first-order valence-corrected chi connectivity index (χ1v) is 9.92. The van der Waals surface area contributed by atoms with Crippen LogP contribution >= 0.6 is 0 Å². The molecule has 1 atom stereocenters. The molecule has 0 radical (unpaired) electrons. The molecule has 2 heterocycles. The van der Waals surface area contributed by atoms with E-state index in [-0.39, 0.29) is 5.89 Å². The Kier molecular flexibility index (Phi) is 5.75. The Morgan fingerprint density at radius 2 is 1.71 bits per heavy atom. The average molecular weight is 414 g/mol. The van der Waals surface area contributed by atoms with Crippen molar-refractivity contribution in [1.82, 2.24) is 20.0 Å². The highest BCUT2D eigenvalue weighted by Crippen LogP contribution is 2.23. The number of para-hydroxylation sites is 1. The van der Waals surface area contributed by atoms with Crippen molar-refractivity contribution in [2.45, 2.75) is 26.9 Å². The minimum Gasteiger partial charge on any atom is -0.449 e. The number of ether oxygens (including phenoxy) is 1. The van der Waals surface area contributed by atoms with Gasteiger partial charge in [-0.25, -0.2) is 9.48 Å². The summed E-state index contributed by atoms with van der Waals surface area (Å²) in [6.07, 6.45) is 2.43. The zero-order valence-electron chi connectivity index (χ0n) is 17.5. The molecule has 0 aliphatic rings. The molecule has 4 rings (SSSR count). The van der Waals surface area contributed by atoms with Crippen LogP contribution in [-0.4, -0.2) is 25.9 Å².